The highest BCUT2D eigenvalue weighted by Crippen LogP contribution is 2.55. The molecule has 1 aromatic heterocycles. The second-order valence-electron chi connectivity index (χ2n) is 7.78. The number of nitrogens with zero attached hydrogens (tertiary/aromatic N) is 3. The van der Waals surface area contributed by atoms with Crippen molar-refractivity contribution in [1.82, 2.24) is 20.2 Å². The van der Waals surface area contributed by atoms with Crippen LogP contribution in [0, 0.1) is 5.92 Å². The third kappa shape index (κ3) is 2.46. The molecule has 144 valence electrons. The fraction of sp³-hybridized carbons (Fsp3) is 0.429. The van der Waals surface area contributed by atoms with Crippen LogP contribution in [-0.2, 0) is 21.5 Å². The Hall–Kier alpha value is -2.80. The molecule has 1 spiro atoms. The van der Waals surface area contributed by atoms with Gasteiger partial charge in [0.25, 0.3) is 0 Å². The van der Waals surface area contributed by atoms with Crippen molar-refractivity contribution in [3.63, 3.8) is 0 Å². The van der Waals surface area contributed by atoms with Crippen molar-refractivity contribution in [3.05, 3.63) is 54.1 Å². The molecule has 7 nitrogen and oxygen atoms in total. The van der Waals surface area contributed by atoms with Crippen LogP contribution in [0.4, 0.5) is 5.69 Å². The molecule has 28 heavy (non-hydrogen) atoms. The maximum absolute atomic E-state index is 13.3. The lowest BCUT2D eigenvalue weighted by Gasteiger charge is -2.36. The van der Waals surface area contributed by atoms with E-state index in [1.165, 1.54) is 0 Å². The summed E-state index contributed by atoms with van der Waals surface area (Å²) in [5, 5.41) is 6.08. The predicted octanol–water partition coefficient (Wildman–Crippen LogP) is 1.47. The van der Waals surface area contributed by atoms with Gasteiger partial charge >= 0.3 is 0 Å². The third-order valence-electron chi connectivity index (χ3n) is 6.39. The molecule has 2 fully saturated rings. The molecule has 2 aromatic rings. The fourth-order valence-electron chi connectivity index (χ4n) is 5.28. The summed E-state index contributed by atoms with van der Waals surface area (Å²) in [6, 6.07) is 8.08. The van der Waals surface area contributed by atoms with E-state index in [1.54, 1.807) is 18.6 Å². The summed E-state index contributed by atoms with van der Waals surface area (Å²) in [6.45, 7) is 1.34. The van der Waals surface area contributed by atoms with Crippen molar-refractivity contribution in [1.29, 1.82) is 0 Å². The molecule has 2 N–H and O–H groups in total. The molecule has 3 aliphatic heterocycles. The molecule has 2 amide bonds. The summed E-state index contributed by atoms with van der Waals surface area (Å²) in [7, 11) is 0. The van der Waals surface area contributed by atoms with E-state index in [1.807, 2.05) is 24.3 Å². The van der Waals surface area contributed by atoms with Crippen LogP contribution in [0.5, 0.6) is 0 Å². The Labute approximate surface area is 163 Å². The smallest absolute Gasteiger partial charge is 0.250 e. The quantitative estimate of drug-likeness (QED) is 0.843. The lowest BCUT2D eigenvalue weighted by molar-refractivity contribution is -0.137. The molecular weight excluding hydrogens is 354 g/mol. The van der Waals surface area contributed by atoms with E-state index in [0.717, 1.165) is 42.8 Å². The predicted molar refractivity (Wildman–Crippen MR) is 103 cm³/mol. The molecule has 5 rings (SSSR count). The highest BCUT2D eigenvalue weighted by atomic mass is 16.2. The Kier molecular flexibility index (Phi) is 4.12. The molecule has 0 saturated carbocycles. The zero-order chi connectivity index (χ0) is 19.1. The zero-order valence-corrected chi connectivity index (χ0v) is 15.6. The van der Waals surface area contributed by atoms with E-state index in [4.69, 9.17) is 0 Å². The van der Waals surface area contributed by atoms with Crippen LogP contribution < -0.4 is 10.6 Å². The van der Waals surface area contributed by atoms with Gasteiger partial charge in [-0.2, -0.15) is 0 Å². The topological polar surface area (TPSA) is 87.2 Å². The molecule has 0 radical (unpaired) electrons. The number of carbonyl (C=O) groups excluding carboxylic acids is 2. The van der Waals surface area contributed by atoms with Gasteiger partial charge in [0.05, 0.1) is 11.6 Å². The first kappa shape index (κ1) is 17.3. The summed E-state index contributed by atoms with van der Waals surface area (Å²) in [4.78, 5) is 37.1. The first-order chi connectivity index (χ1) is 13.7. The van der Waals surface area contributed by atoms with Crippen molar-refractivity contribution in [2.75, 3.05) is 18.4 Å². The molecule has 3 aliphatic rings. The number of aromatic nitrogens is 2. The highest BCUT2D eigenvalue weighted by Gasteiger charge is 2.65. The molecule has 1 aromatic carbocycles. The van der Waals surface area contributed by atoms with E-state index in [2.05, 4.69) is 25.5 Å². The van der Waals surface area contributed by atoms with Gasteiger partial charge in [-0.1, -0.05) is 18.2 Å². The van der Waals surface area contributed by atoms with Gasteiger partial charge in [-0.15, -0.1) is 0 Å². The van der Waals surface area contributed by atoms with E-state index < -0.39 is 5.54 Å². The number of anilines is 1. The summed E-state index contributed by atoms with van der Waals surface area (Å²) in [5.74, 6) is -0.499. The Morgan fingerprint density at radius 1 is 1.32 bits per heavy atom. The van der Waals surface area contributed by atoms with Gasteiger partial charge in [-0.3, -0.25) is 24.5 Å². The van der Waals surface area contributed by atoms with Gasteiger partial charge in [0, 0.05) is 48.8 Å². The Morgan fingerprint density at radius 2 is 2.21 bits per heavy atom. The highest BCUT2D eigenvalue weighted by molar-refractivity contribution is 6.09. The van der Waals surface area contributed by atoms with Gasteiger partial charge in [0.15, 0.2) is 0 Å². The van der Waals surface area contributed by atoms with Gasteiger partial charge in [0.1, 0.15) is 5.54 Å². The Balaban J connectivity index is 1.42. The number of rotatable bonds is 4. The summed E-state index contributed by atoms with van der Waals surface area (Å²) in [5.41, 5.74) is 1.73. The number of hydrogen-bond acceptors (Lipinski definition) is 5. The maximum Gasteiger partial charge on any atom is 0.250 e. The van der Waals surface area contributed by atoms with Crippen molar-refractivity contribution in [2.45, 2.75) is 37.3 Å². The number of amides is 2. The van der Waals surface area contributed by atoms with Crippen LogP contribution >= 0.6 is 0 Å². The van der Waals surface area contributed by atoms with Gasteiger partial charge in [0.2, 0.25) is 11.8 Å². The second kappa shape index (κ2) is 6.67. The van der Waals surface area contributed by atoms with E-state index in [9.17, 15) is 9.59 Å². The Morgan fingerprint density at radius 3 is 3.07 bits per heavy atom. The number of fused-ring (bicyclic) bond motifs is 4. The number of nitrogens with one attached hydrogen (secondary N) is 2. The van der Waals surface area contributed by atoms with Gasteiger partial charge in [-0.05, 0) is 31.9 Å². The molecule has 0 aliphatic carbocycles. The minimum atomic E-state index is -0.881. The third-order valence-corrected chi connectivity index (χ3v) is 6.39. The normalized spacial score (nSPS) is 28.2. The fourth-order valence-corrected chi connectivity index (χ4v) is 5.28. The molecule has 0 unspecified atom stereocenters. The monoisotopic (exact) mass is 377 g/mol. The first-order valence-corrected chi connectivity index (χ1v) is 9.91. The van der Waals surface area contributed by atoms with Gasteiger partial charge in [-0.25, -0.2) is 0 Å². The molecule has 4 heterocycles. The lowest BCUT2D eigenvalue weighted by atomic mass is 9.78. The number of hydrogen-bond donors (Lipinski definition) is 2. The minimum absolute atomic E-state index is 0.0508. The lowest BCUT2D eigenvalue weighted by Crippen LogP contribution is -2.54. The summed E-state index contributed by atoms with van der Waals surface area (Å²) < 4.78 is 0. The average molecular weight is 377 g/mol. The van der Waals surface area contributed by atoms with Crippen LogP contribution in [0.3, 0.4) is 0 Å². The first-order valence-electron chi connectivity index (χ1n) is 9.91. The van der Waals surface area contributed by atoms with Crippen LogP contribution in [0.2, 0.25) is 0 Å². The largest absolute Gasteiger partial charge is 0.355 e. The number of benzene rings is 1. The number of para-hydroxylation sites is 1. The van der Waals surface area contributed by atoms with Crippen molar-refractivity contribution >= 4 is 17.5 Å². The average Bonchev–Trinajstić information content (AvgIpc) is 3.37. The van der Waals surface area contributed by atoms with Crippen LogP contribution in [0.15, 0.2) is 42.9 Å². The SMILES string of the molecule is O=C(NCCc1cnccn1)[C@H]1C[C@H]2CCCN2[C@]12C(=O)Nc1ccccc12. The van der Waals surface area contributed by atoms with Crippen LogP contribution in [0.1, 0.15) is 30.5 Å². The van der Waals surface area contributed by atoms with E-state index in [0.29, 0.717) is 13.0 Å². The van der Waals surface area contributed by atoms with Gasteiger partial charge < -0.3 is 10.6 Å². The van der Waals surface area contributed by atoms with Crippen LogP contribution in [0.25, 0.3) is 0 Å². The molecule has 3 atom stereocenters. The zero-order valence-electron chi connectivity index (χ0n) is 15.6. The summed E-state index contributed by atoms with van der Waals surface area (Å²) in [6.07, 6.45) is 8.45. The molecule has 7 heteroatoms. The molecule has 0 bridgehead atoms. The van der Waals surface area contributed by atoms with Crippen molar-refractivity contribution in [3.8, 4) is 0 Å². The van der Waals surface area contributed by atoms with E-state index in [-0.39, 0.29) is 23.8 Å². The number of carbonyl (C=O) groups is 2. The van der Waals surface area contributed by atoms with Crippen molar-refractivity contribution in [2.24, 2.45) is 5.92 Å². The maximum atomic E-state index is 13.3. The standard InChI is InChI=1S/C21H23N5O2/c27-19(24-8-7-14-13-22-9-10-23-14)17-12-15-4-3-11-26(15)21(17)16-5-1-2-6-18(16)25-20(21)28/h1-2,5-6,9-10,13,15,17H,3-4,7-8,11-12H2,(H,24,27)(H,25,28)/t15-,17-,21+/m1/s1. The van der Waals surface area contributed by atoms with Crippen molar-refractivity contribution < 1.29 is 9.59 Å². The van der Waals surface area contributed by atoms with Crippen LogP contribution in [-0.4, -0.2) is 45.8 Å². The second-order valence-corrected chi connectivity index (χ2v) is 7.78. The van der Waals surface area contributed by atoms with E-state index >= 15 is 0 Å². The Bertz CT molecular complexity index is 918. The summed E-state index contributed by atoms with van der Waals surface area (Å²) >= 11 is 0. The molecular formula is C21H23N5O2. The minimum Gasteiger partial charge on any atom is -0.355 e. The molecule has 2 saturated heterocycles.